The molecule has 4 nitrogen and oxygen atoms in total. The number of hydrogen-bond donors (Lipinski definition) is 0. The third-order valence-electron chi connectivity index (χ3n) is 6.65. The third kappa shape index (κ3) is 5.14. The van der Waals surface area contributed by atoms with Crippen molar-refractivity contribution in [3.63, 3.8) is 0 Å². The number of carbonyl (C=O) groups excluding carboxylic acids is 2. The molecule has 1 aliphatic carbocycles. The number of esters is 1. The van der Waals surface area contributed by atoms with Gasteiger partial charge in [0.05, 0.1) is 5.41 Å². The fourth-order valence-electron chi connectivity index (χ4n) is 4.71. The molecule has 0 amide bonds. The molecule has 33 heavy (non-hydrogen) atoms. The van der Waals surface area contributed by atoms with Gasteiger partial charge in [0.2, 0.25) is 0 Å². The summed E-state index contributed by atoms with van der Waals surface area (Å²) in [6, 6.07) is 20.7. The molecular formula is C28H38O4Si. The van der Waals surface area contributed by atoms with Crippen LogP contribution in [-0.2, 0) is 18.8 Å². The minimum Gasteiger partial charge on any atom is -0.462 e. The Bertz CT molecular complexity index is 917. The van der Waals surface area contributed by atoms with E-state index >= 15 is 0 Å². The van der Waals surface area contributed by atoms with Crippen molar-refractivity contribution in [2.24, 2.45) is 11.3 Å². The normalized spacial score (nSPS) is 22.2. The SMILES string of the molecule is C[C@@H]1[C@@H](OC(=O)C(C)(C)C)CCC(=O)[C@@H]1O[Si](c1ccccc1)(c1ccccc1)C(C)(C)C. The van der Waals surface area contributed by atoms with Gasteiger partial charge in [-0.3, -0.25) is 9.59 Å². The monoisotopic (exact) mass is 466 g/mol. The van der Waals surface area contributed by atoms with Crippen LogP contribution in [0.1, 0.15) is 61.3 Å². The van der Waals surface area contributed by atoms with Gasteiger partial charge in [0, 0.05) is 12.3 Å². The van der Waals surface area contributed by atoms with Gasteiger partial charge in [-0.15, -0.1) is 0 Å². The Morgan fingerprint density at radius 3 is 1.79 bits per heavy atom. The van der Waals surface area contributed by atoms with E-state index in [4.69, 9.17) is 9.16 Å². The first-order chi connectivity index (χ1) is 15.4. The Morgan fingerprint density at radius 1 is 0.879 bits per heavy atom. The van der Waals surface area contributed by atoms with Crippen molar-refractivity contribution in [3.05, 3.63) is 60.7 Å². The van der Waals surface area contributed by atoms with Crippen molar-refractivity contribution in [2.45, 2.75) is 78.6 Å². The average Bonchev–Trinajstić information content (AvgIpc) is 2.75. The van der Waals surface area contributed by atoms with E-state index in [-0.39, 0.29) is 28.8 Å². The molecule has 0 aliphatic heterocycles. The van der Waals surface area contributed by atoms with Crippen LogP contribution in [0.5, 0.6) is 0 Å². The molecule has 2 aromatic carbocycles. The van der Waals surface area contributed by atoms with Crippen LogP contribution in [-0.4, -0.2) is 32.3 Å². The zero-order valence-electron chi connectivity index (χ0n) is 21.1. The second kappa shape index (κ2) is 9.55. The lowest BCUT2D eigenvalue weighted by molar-refractivity contribution is -0.168. The van der Waals surface area contributed by atoms with Gasteiger partial charge in [0.1, 0.15) is 12.2 Å². The second-order valence-corrected chi connectivity index (χ2v) is 15.5. The van der Waals surface area contributed by atoms with E-state index in [0.717, 1.165) is 10.4 Å². The van der Waals surface area contributed by atoms with Crippen LogP contribution >= 0.6 is 0 Å². The molecule has 0 saturated heterocycles. The molecule has 0 heterocycles. The number of carbonyl (C=O) groups is 2. The fourth-order valence-corrected chi connectivity index (χ4v) is 9.45. The van der Waals surface area contributed by atoms with Crippen molar-refractivity contribution >= 4 is 30.4 Å². The average molecular weight is 467 g/mol. The minimum atomic E-state index is -2.89. The molecule has 0 aromatic heterocycles. The quantitative estimate of drug-likeness (QED) is 0.465. The van der Waals surface area contributed by atoms with E-state index in [0.29, 0.717) is 12.8 Å². The molecule has 1 aliphatic rings. The van der Waals surface area contributed by atoms with Gasteiger partial charge in [0.15, 0.2) is 5.78 Å². The lowest BCUT2D eigenvalue weighted by Crippen LogP contribution is -2.69. The van der Waals surface area contributed by atoms with E-state index in [1.807, 2.05) is 64.1 Å². The summed E-state index contributed by atoms with van der Waals surface area (Å²) in [5.41, 5.74) is -0.588. The topological polar surface area (TPSA) is 52.6 Å². The maximum Gasteiger partial charge on any atom is 0.311 e. The molecule has 0 radical (unpaired) electrons. The smallest absolute Gasteiger partial charge is 0.311 e. The molecule has 3 rings (SSSR count). The molecule has 0 spiro atoms. The van der Waals surface area contributed by atoms with Gasteiger partial charge in [-0.1, -0.05) is 88.4 Å². The Balaban J connectivity index is 2.07. The summed E-state index contributed by atoms with van der Waals surface area (Å²) in [5, 5.41) is 2.04. The molecule has 3 atom stereocenters. The number of rotatable bonds is 5. The van der Waals surface area contributed by atoms with Gasteiger partial charge < -0.3 is 9.16 Å². The molecular weight excluding hydrogens is 428 g/mol. The Kier molecular flexibility index (Phi) is 7.35. The zero-order valence-corrected chi connectivity index (χ0v) is 22.1. The summed E-state index contributed by atoms with van der Waals surface area (Å²) in [7, 11) is -2.89. The summed E-state index contributed by atoms with van der Waals surface area (Å²) in [6.45, 7) is 14.1. The Morgan fingerprint density at radius 2 is 1.36 bits per heavy atom. The van der Waals surface area contributed by atoms with Crippen molar-refractivity contribution in [1.29, 1.82) is 0 Å². The maximum atomic E-state index is 13.3. The molecule has 178 valence electrons. The van der Waals surface area contributed by atoms with Crippen LogP contribution < -0.4 is 10.4 Å². The predicted octanol–water partition coefficient (Wildman–Crippen LogP) is 4.89. The van der Waals surface area contributed by atoms with Gasteiger partial charge >= 0.3 is 5.97 Å². The highest BCUT2D eigenvalue weighted by Crippen LogP contribution is 2.40. The summed E-state index contributed by atoms with van der Waals surface area (Å²) in [5.74, 6) is -0.365. The number of ketones is 1. The maximum absolute atomic E-state index is 13.3. The Hall–Kier alpha value is -2.24. The number of ether oxygens (including phenoxy) is 1. The van der Waals surface area contributed by atoms with E-state index in [1.165, 1.54) is 0 Å². The number of hydrogen-bond acceptors (Lipinski definition) is 4. The summed E-state index contributed by atoms with van der Waals surface area (Å²) in [6.07, 6.45) is -0.0574. The van der Waals surface area contributed by atoms with Crippen LogP contribution in [0.3, 0.4) is 0 Å². The molecule has 1 fully saturated rings. The highest BCUT2D eigenvalue weighted by molar-refractivity contribution is 6.99. The molecule has 0 bridgehead atoms. The first-order valence-electron chi connectivity index (χ1n) is 11.9. The van der Waals surface area contributed by atoms with Crippen LogP contribution in [0.25, 0.3) is 0 Å². The van der Waals surface area contributed by atoms with Crippen molar-refractivity contribution < 1.29 is 18.8 Å². The third-order valence-corrected chi connectivity index (χ3v) is 11.7. The van der Waals surface area contributed by atoms with Crippen LogP contribution in [0.2, 0.25) is 5.04 Å². The molecule has 1 saturated carbocycles. The first kappa shape index (κ1) is 25.4. The molecule has 5 heteroatoms. The number of benzene rings is 2. The zero-order chi connectivity index (χ0) is 24.4. The summed E-state index contributed by atoms with van der Waals surface area (Å²) >= 11 is 0. The van der Waals surface area contributed by atoms with Crippen molar-refractivity contribution in [2.75, 3.05) is 0 Å². The van der Waals surface area contributed by atoms with Crippen molar-refractivity contribution in [3.8, 4) is 0 Å². The van der Waals surface area contributed by atoms with Gasteiger partial charge in [-0.05, 0) is 42.6 Å². The number of Topliss-reactive ketones (excluding diaryl/α,β-unsaturated/α-hetero) is 1. The largest absolute Gasteiger partial charge is 0.462 e. The molecule has 0 N–H and O–H groups in total. The fraction of sp³-hybridized carbons (Fsp3) is 0.500. The summed E-state index contributed by atoms with van der Waals surface area (Å²) < 4.78 is 13.0. The van der Waals surface area contributed by atoms with E-state index in [2.05, 4.69) is 45.0 Å². The van der Waals surface area contributed by atoms with Crippen LogP contribution in [0, 0.1) is 11.3 Å². The minimum absolute atomic E-state index is 0.0959. The standard InChI is InChI=1S/C28H38O4Si/c1-20-24(31-26(30)27(2,3)4)19-18-23(29)25(20)32-33(28(5,6)7,21-14-10-8-11-15-21)22-16-12-9-13-17-22/h8-17,20,24-25H,18-19H2,1-7H3/t20-,24+,25-/m1/s1. The lowest BCUT2D eigenvalue weighted by Gasteiger charge is -2.47. The highest BCUT2D eigenvalue weighted by atomic mass is 28.4. The Labute approximate surface area is 199 Å². The van der Waals surface area contributed by atoms with Crippen LogP contribution in [0.15, 0.2) is 60.7 Å². The van der Waals surface area contributed by atoms with E-state index in [9.17, 15) is 9.59 Å². The highest BCUT2D eigenvalue weighted by Gasteiger charge is 2.54. The molecule has 2 aromatic rings. The molecule has 0 unspecified atom stereocenters. The van der Waals surface area contributed by atoms with Crippen LogP contribution in [0.4, 0.5) is 0 Å². The predicted molar refractivity (Wildman–Crippen MR) is 135 cm³/mol. The van der Waals surface area contributed by atoms with E-state index < -0.39 is 19.8 Å². The van der Waals surface area contributed by atoms with Gasteiger partial charge in [0.25, 0.3) is 8.32 Å². The first-order valence-corrected chi connectivity index (χ1v) is 13.8. The second-order valence-electron chi connectivity index (χ2n) is 11.3. The summed E-state index contributed by atoms with van der Waals surface area (Å²) in [4.78, 5) is 25.9. The van der Waals surface area contributed by atoms with E-state index in [1.54, 1.807) is 0 Å². The van der Waals surface area contributed by atoms with Gasteiger partial charge in [-0.25, -0.2) is 0 Å². The van der Waals surface area contributed by atoms with Gasteiger partial charge in [-0.2, -0.15) is 0 Å². The lowest BCUT2D eigenvalue weighted by atomic mass is 9.84. The van der Waals surface area contributed by atoms with Crippen molar-refractivity contribution in [1.82, 2.24) is 0 Å².